The lowest BCUT2D eigenvalue weighted by Gasteiger charge is -2.21. The molecule has 0 saturated heterocycles. The smallest absolute Gasteiger partial charge is 0.410 e. The maximum atomic E-state index is 12.8. The van der Waals surface area contributed by atoms with E-state index >= 15 is 0 Å². The lowest BCUT2D eigenvalue weighted by molar-refractivity contribution is 0.0689. The molecule has 30 heavy (non-hydrogen) atoms. The molecule has 5 rings (SSSR count). The van der Waals surface area contributed by atoms with Crippen LogP contribution in [0.5, 0.6) is 0 Å². The SMILES string of the molecule is O=C(O)c1cc2n(n1)CCCN(C(=O)OCC1c3ccccc3-c3ccccc31)C2. The molecule has 1 aliphatic carbocycles. The summed E-state index contributed by atoms with van der Waals surface area (Å²) in [5.41, 5.74) is 5.43. The van der Waals surface area contributed by atoms with Crippen LogP contribution >= 0.6 is 0 Å². The summed E-state index contributed by atoms with van der Waals surface area (Å²) in [6.07, 6.45) is 0.307. The van der Waals surface area contributed by atoms with Gasteiger partial charge in [0.25, 0.3) is 0 Å². The van der Waals surface area contributed by atoms with E-state index in [1.54, 1.807) is 9.58 Å². The highest BCUT2D eigenvalue weighted by Gasteiger charge is 2.30. The minimum atomic E-state index is -1.07. The Balaban J connectivity index is 1.32. The minimum Gasteiger partial charge on any atom is -0.476 e. The number of hydrogen-bond acceptors (Lipinski definition) is 4. The molecule has 7 nitrogen and oxygen atoms in total. The van der Waals surface area contributed by atoms with E-state index < -0.39 is 5.97 Å². The van der Waals surface area contributed by atoms with Gasteiger partial charge in [0.2, 0.25) is 0 Å². The zero-order valence-corrected chi connectivity index (χ0v) is 16.3. The number of aromatic carboxylic acids is 1. The van der Waals surface area contributed by atoms with Crippen LogP contribution in [0.4, 0.5) is 4.79 Å². The van der Waals surface area contributed by atoms with Crippen molar-refractivity contribution in [2.45, 2.75) is 25.4 Å². The first-order valence-electron chi connectivity index (χ1n) is 10.0. The van der Waals surface area contributed by atoms with Crippen LogP contribution < -0.4 is 0 Å². The fourth-order valence-electron chi connectivity index (χ4n) is 4.41. The van der Waals surface area contributed by atoms with Crippen LogP contribution in [0.15, 0.2) is 54.6 Å². The van der Waals surface area contributed by atoms with Crippen molar-refractivity contribution in [3.05, 3.63) is 77.1 Å². The van der Waals surface area contributed by atoms with Crippen molar-refractivity contribution in [2.24, 2.45) is 0 Å². The first-order chi connectivity index (χ1) is 14.6. The van der Waals surface area contributed by atoms with Crippen molar-refractivity contribution in [3.8, 4) is 11.1 Å². The van der Waals surface area contributed by atoms with E-state index in [9.17, 15) is 9.59 Å². The molecule has 2 heterocycles. The molecule has 2 aromatic carbocycles. The van der Waals surface area contributed by atoms with E-state index in [1.165, 1.54) is 28.3 Å². The van der Waals surface area contributed by atoms with Crippen LogP contribution in [0, 0.1) is 0 Å². The van der Waals surface area contributed by atoms with Gasteiger partial charge in [-0.05, 0) is 34.7 Å². The third-order valence-corrected chi connectivity index (χ3v) is 5.83. The fourth-order valence-corrected chi connectivity index (χ4v) is 4.41. The average molecular weight is 403 g/mol. The van der Waals surface area contributed by atoms with Gasteiger partial charge in [-0.25, -0.2) is 9.59 Å². The first kappa shape index (κ1) is 18.4. The molecule has 0 radical (unpaired) electrons. The second kappa shape index (κ2) is 7.33. The Labute approximate surface area is 173 Å². The van der Waals surface area contributed by atoms with E-state index in [1.807, 2.05) is 24.3 Å². The van der Waals surface area contributed by atoms with Crippen molar-refractivity contribution in [2.75, 3.05) is 13.2 Å². The lowest BCUT2D eigenvalue weighted by Crippen LogP contribution is -2.32. The van der Waals surface area contributed by atoms with Crippen LogP contribution in [0.2, 0.25) is 0 Å². The molecule has 152 valence electrons. The van der Waals surface area contributed by atoms with E-state index in [0.717, 1.165) is 0 Å². The highest BCUT2D eigenvalue weighted by atomic mass is 16.6. The number of amides is 1. The fraction of sp³-hybridized carbons (Fsp3) is 0.261. The van der Waals surface area contributed by atoms with Crippen LogP contribution in [0.25, 0.3) is 11.1 Å². The van der Waals surface area contributed by atoms with Crippen LogP contribution in [-0.4, -0.2) is 45.0 Å². The summed E-state index contributed by atoms with van der Waals surface area (Å²) in [6.45, 7) is 1.68. The van der Waals surface area contributed by atoms with Crippen molar-refractivity contribution in [1.82, 2.24) is 14.7 Å². The maximum Gasteiger partial charge on any atom is 0.410 e. The summed E-state index contributed by atoms with van der Waals surface area (Å²) in [7, 11) is 0. The summed E-state index contributed by atoms with van der Waals surface area (Å²) < 4.78 is 7.41. The molecule has 3 aromatic rings. The molecule has 0 atom stereocenters. The van der Waals surface area contributed by atoms with Crippen LogP contribution in [0.3, 0.4) is 0 Å². The minimum absolute atomic E-state index is 0.000568. The average Bonchev–Trinajstić information content (AvgIpc) is 3.24. The number of ether oxygens (including phenoxy) is 1. The molecule has 0 saturated carbocycles. The van der Waals surface area contributed by atoms with Gasteiger partial charge in [-0.2, -0.15) is 5.10 Å². The second-order valence-electron chi connectivity index (χ2n) is 7.63. The number of aromatic nitrogens is 2. The third-order valence-electron chi connectivity index (χ3n) is 5.83. The van der Waals surface area contributed by atoms with Gasteiger partial charge in [-0.1, -0.05) is 48.5 Å². The Hall–Kier alpha value is -3.61. The third kappa shape index (κ3) is 3.12. The van der Waals surface area contributed by atoms with Gasteiger partial charge in [0.1, 0.15) is 6.61 Å². The number of benzene rings is 2. The first-order valence-corrected chi connectivity index (χ1v) is 10.0. The topological polar surface area (TPSA) is 84.7 Å². The van der Waals surface area contributed by atoms with Crippen molar-refractivity contribution >= 4 is 12.1 Å². The standard InChI is InChI=1S/C23H21N3O4/c27-22(28)21-12-15-13-25(10-5-11-26(15)24-21)23(29)30-14-20-18-8-3-1-6-16(18)17-7-2-4-9-19(17)20/h1-4,6-9,12,20H,5,10-11,13-14H2,(H,27,28). The lowest BCUT2D eigenvalue weighted by atomic mass is 9.98. The number of hydrogen-bond donors (Lipinski definition) is 1. The number of fused-ring (bicyclic) bond motifs is 4. The summed E-state index contributed by atoms with van der Waals surface area (Å²) in [5, 5.41) is 13.3. The number of carboxylic acids is 1. The molecule has 7 heteroatoms. The number of carboxylic acid groups (broad SMARTS) is 1. The summed E-state index contributed by atoms with van der Waals surface area (Å²) in [5.74, 6) is -1.05. The maximum absolute atomic E-state index is 12.8. The molecule has 0 fully saturated rings. The number of carbonyl (C=O) groups excluding carboxylic acids is 1. The molecule has 2 aliphatic rings. The van der Waals surface area contributed by atoms with E-state index in [0.29, 0.717) is 25.2 Å². The van der Waals surface area contributed by atoms with Gasteiger partial charge in [-0.15, -0.1) is 0 Å². The zero-order chi connectivity index (χ0) is 20.7. The highest BCUT2D eigenvalue weighted by molar-refractivity contribution is 5.85. The molecule has 0 unspecified atom stereocenters. The summed E-state index contributed by atoms with van der Waals surface area (Å²) >= 11 is 0. The normalized spacial score (nSPS) is 15.1. The Morgan fingerprint density at radius 3 is 2.37 bits per heavy atom. The summed E-state index contributed by atoms with van der Waals surface area (Å²) in [6, 6.07) is 18.0. The summed E-state index contributed by atoms with van der Waals surface area (Å²) in [4.78, 5) is 25.7. The van der Waals surface area contributed by atoms with Gasteiger partial charge in [-0.3, -0.25) is 4.68 Å². The Morgan fingerprint density at radius 1 is 1.03 bits per heavy atom. The molecule has 1 aliphatic heterocycles. The second-order valence-corrected chi connectivity index (χ2v) is 7.63. The van der Waals surface area contributed by atoms with E-state index in [4.69, 9.17) is 9.84 Å². The predicted octanol–water partition coefficient (Wildman–Crippen LogP) is 3.74. The molecule has 1 aromatic heterocycles. The van der Waals surface area contributed by atoms with Gasteiger partial charge in [0.15, 0.2) is 5.69 Å². The number of rotatable bonds is 3. The highest BCUT2D eigenvalue weighted by Crippen LogP contribution is 2.44. The Morgan fingerprint density at radius 2 is 1.70 bits per heavy atom. The molecule has 0 bridgehead atoms. The van der Waals surface area contributed by atoms with E-state index in [2.05, 4.69) is 29.4 Å². The molecule has 1 N–H and O–H groups in total. The van der Waals surface area contributed by atoms with Crippen molar-refractivity contribution in [3.63, 3.8) is 0 Å². The van der Waals surface area contributed by atoms with E-state index in [-0.39, 0.29) is 30.9 Å². The number of aryl methyl sites for hydroxylation is 1. The molecular weight excluding hydrogens is 382 g/mol. The number of nitrogens with zero attached hydrogens (tertiary/aromatic N) is 3. The zero-order valence-electron chi connectivity index (χ0n) is 16.3. The van der Waals surface area contributed by atoms with Gasteiger partial charge >= 0.3 is 12.1 Å². The monoisotopic (exact) mass is 403 g/mol. The molecular formula is C23H21N3O4. The van der Waals surface area contributed by atoms with Crippen molar-refractivity contribution < 1.29 is 19.4 Å². The van der Waals surface area contributed by atoms with Crippen LogP contribution in [0.1, 0.15) is 39.6 Å². The molecule has 1 amide bonds. The Kier molecular flexibility index (Phi) is 4.50. The predicted molar refractivity (Wildman–Crippen MR) is 109 cm³/mol. The van der Waals surface area contributed by atoms with Crippen LogP contribution in [-0.2, 0) is 17.8 Å². The Bertz CT molecular complexity index is 1090. The largest absolute Gasteiger partial charge is 0.476 e. The van der Waals surface area contributed by atoms with Gasteiger partial charge in [0, 0.05) is 19.0 Å². The quantitative estimate of drug-likeness (QED) is 0.720. The molecule has 0 spiro atoms. The van der Waals surface area contributed by atoms with Gasteiger partial charge in [0.05, 0.1) is 12.2 Å². The van der Waals surface area contributed by atoms with Crippen molar-refractivity contribution in [1.29, 1.82) is 0 Å². The number of carbonyl (C=O) groups is 2. The van der Waals surface area contributed by atoms with Gasteiger partial charge < -0.3 is 14.7 Å².